The normalized spacial score (nSPS) is 10.5. The van der Waals surface area contributed by atoms with E-state index in [1.165, 1.54) is 23.1 Å². The number of thioether (sulfide) groups is 1. The van der Waals surface area contributed by atoms with E-state index in [1.54, 1.807) is 19.1 Å². The van der Waals surface area contributed by atoms with Gasteiger partial charge in [0.15, 0.2) is 15.8 Å². The summed E-state index contributed by atoms with van der Waals surface area (Å²) in [7, 11) is 3.20. The van der Waals surface area contributed by atoms with Crippen LogP contribution < -0.4 is 14.8 Å². The van der Waals surface area contributed by atoms with Crippen molar-refractivity contribution >= 4 is 34.1 Å². The van der Waals surface area contributed by atoms with Crippen molar-refractivity contribution in [3.05, 3.63) is 23.8 Å². The largest absolute Gasteiger partial charge is 0.493 e. The van der Waals surface area contributed by atoms with E-state index in [0.29, 0.717) is 30.3 Å². The van der Waals surface area contributed by atoms with Crippen LogP contribution in [0.4, 0.5) is 5.13 Å². The molecular weight excluding hydrogens is 372 g/mol. The van der Waals surface area contributed by atoms with Crippen molar-refractivity contribution in [3.8, 4) is 11.5 Å². The Morgan fingerprint density at radius 2 is 2.00 bits per heavy atom. The average molecular weight is 397 g/mol. The van der Waals surface area contributed by atoms with Gasteiger partial charge in [-0.1, -0.05) is 29.2 Å². The molecule has 2 aromatic rings. The fourth-order valence-electron chi connectivity index (χ4n) is 2.28. The van der Waals surface area contributed by atoms with Gasteiger partial charge in [-0.3, -0.25) is 4.79 Å². The maximum absolute atomic E-state index is 12.6. The molecule has 0 fully saturated rings. The van der Waals surface area contributed by atoms with Gasteiger partial charge in [0.2, 0.25) is 11.0 Å². The molecule has 142 valence electrons. The van der Waals surface area contributed by atoms with Crippen LogP contribution in [0, 0.1) is 0 Å². The average Bonchev–Trinajstić information content (AvgIpc) is 3.11. The quantitative estimate of drug-likeness (QED) is 0.618. The minimum atomic E-state index is 0.0625. The van der Waals surface area contributed by atoms with E-state index in [2.05, 4.69) is 15.5 Å². The molecule has 0 aliphatic rings. The fraction of sp³-hybridized carbons (Fsp3) is 0.471. The molecule has 0 unspecified atom stereocenters. The first kappa shape index (κ1) is 20.3. The first-order valence-corrected chi connectivity index (χ1v) is 10.1. The summed E-state index contributed by atoms with van der Waals surface area (Å²) in [4.78, 5) is 14.4. The van der Waals surface area contributed by atoms with E-state index in [9.17, 15) is 4.79 Å². The number of anilines is 1. The molecule has 9 heteroatoms. The lowest BCUT2D eigenvalue weighted by molar-refractivity contribution is -0.128. The number of methoxy groups -OCH3 is 2. The standard InChI is InChI=1S/C17H24N4O3S2/c1-5-18-16-19-20-17(26-16)25-11-15(22)21(6-2)10-12-7-8-13(23-3)14(9-12)24-4/h7-9H,5-6,10-11H2,1-4H3,(H,18,19). The van der Waals surface area contributed by atoms with Crippen LogP contribution >= 0.6 is 23.1 Å². The molecule has 0 bridgehead atoms. The summed E-state index contributed by atoms with van der Waals surface area (Å²) in [6.45, 7) is 5.93. The number of ether oxygens (including phenoxy) is 2. The summed E-state index contributed by atoms with van der Waals surface area (Å²) in [6, 6.07) is 5.69. The smallest absolute Gasteiger partial charge is 0.233 e. The summed E-state index contributed by atoms with van der Waals surface area (Å²) in [5.41, 5.74) is 0.994. The van der Waals surface area contributed by atoms with Crippen LogP contribution in [0.15, 0.2) is 22.5 Å². The number of benzene rings is 1. The zero-order chi connectivity index (χ0) is 18.9. The maximum atomic E-state index is 12.6. The second kappa shape index (κ2) is 10.2. The Bertz CT molecular complexity index is 724. The van der Waals surface area contributed by atoms with Crippen LogP contribution in [0.25, 0.3) is 0 Å². The molecule has 1 aromatic heterocycles. The Morgan fingerprint density at radius 3 is 2.65 bits per heavy atom. The minimum absolute atomic E-state index is 0.0625. The van der Waals surface area contributed by atoms with Gasteiger partial charge in [-0.15, -0.1) is 10.2 Å². The van der Waals surface area contributed by atoms with E-state index in [0.717, 1.165) is 21.6 Å². The van der Waals surface area contributed by atoms with Crippen molar-refractivity contribution in [2.45, 2.75) is 24.7 Å². The second-order valence-electron chi connectivity index (χ2n) is 5.29. The van der Waals surface area contributed by atoms with E-state index < -0.39 is 0 Å². The number of carbonyl (C=O) groups is 1. The van der Waals surface area contributed by atoms with Gasteiger partial charge in [-0.25, -0.2) is 0 Å². The zero-order valence-corrected chi connectivity index (χ0v) is 17.1. The first-order valence-electron chi connectivity index (χ1n) is 8.30. The van der Waals surface area contributed by atoms with Crippen LogP contribution in [-0.4, -0.2) is 54.1 Å². The van der Waals surface area contributed by atoms with Crippen molar-refractivity contribution in [2.75, 3.05) is 38.4 Å². The van der Waals surface area contributed by atoms with E-state index in [1.807, 2.05) is 32.0 Å². The Labute approximate surface area is 162 Å². The molecule has 0 saturated carbocycles. The van der Waals surface area contributed by atoms with E-state index in [4.69, 9.17) is 9.47 Å². The van der Waals surface area contributed by atoms with Crippen LogP contribution in [0.2, 0.25) is 0 Å². The summed E-state index contributed by atoms with van der Waals surface area (Å²) in [6.07, 6.45) is 0. The monoisotopic (exact) mass is 396 g/mol. The summed E-state index contributed by atoms with van der Waals surface area (Å²) in [5, 5.41) is 12.0. The zero-order valence-electron chi connectivity index (χ0n) is 15.4. The van der Waals surface area contributed by atoms with Crippen molar-refractivity contribution < 1.29 is 14.3 Å². The van der Waals surface area contributed by atoms with Crippen LogP contribution in [0.5, 0.6) is 11.5 Å². The highest BCUT2D eigenvalue weighted by Crippen LogP contribution is 2.29. The third kappa shape index (κ3) is 5.50. The molecule has 1 heterocycles. The molecule has 7 nitrogen and oxygen atoms in total. The Kier molecular flexibility index (Phi) is 7.99. The molecule has 0 aliphatic carbocycles. The predicted octanol–water partition coefficient (Wildman–Crippen LogP) is 3.13. The van der Waals surface area contributed by atoms with Crippen molar-refractivity contribution in [2.24, 2.45) is 0 Å². The fourth-order valence-corrected chi connectivity index (χ4v) is 4.00. The Balaban J connectivity index is 1.95. The topological polar surface area (TPSA) is 76.6 Å². The Hall–Kier alpha value is -2.00. The summed E-state index contributed by atoms with van der Waals surface area (Å²) in [5.74, 6) is 1.73. The van der Waals surface area contributed by atoms with Crippen LogP contribution in [0.3, 0.4) is 0 Å². The predicted molar refractivity (Wildman–Crippen MR) is 105 cm³/mol. The van der Waals surface area contributed by atoms with Crippen molar-refractivity contribution in [1.82, 2.24) is 15.1 Å². The van der Waals surface area contributed by atoms with Gasteiger partial charge in [0.05, 0.1) is 20.0 Å². The molecule has 0 atom stereocenters. The van der Waals surface area contributed by atoms with E-state index >= 15 is 0 Å². The maximum Gasteiger partial charge on any atom is 0.233 e. The van der Waals surface area contributed by atoms with E-state index in [-0.39, 0.29) is 5.91 Å². The SMILES string of the molecule is CCNc1nnc(SCC(=O)N(CC)Cc2ccc(OC)c(OC)c2)s1. The van der Waals surface area contributed by atoms with Crippen LogP contribution in [-0.2, 0) is 11.3 Å². The van der Waals surface area contributed by atoms with Gasteiger partial charge < -0.3 is 19.7 Å². The van der Waals surface area contributed by atoms with Crippen LogP contribution in [0.1, 0.15) is 19.4 Å². The van der Waals surface area contributed by atoms with Gasteiger partial charge >= 0.3 is 0 Å². The molecule has 0 radical (unpaired) electrons. The second-order valence-corrected chi connectivity index (χ2v) is 7.49. The lowest BCUT2D eigenvalue weighted by Gasteiger charge is -2.21. The highest BCUT2D eigenvalue weighted by molar-refractivity contribution is 8.01. The summed E-state index contributed by atoms with van der Waals surface area (Å²) >= 11 is 2.87. The molecule has 1 amide bonds. The molecule has 26 heavy (non-hydrogen) atoms. The number of carbonyl (C=O) groups excluding carboxylic acids is 1. The summed E-state index contributed by atoms with van der Waals surface area (Å²) < 4.78 is 11.4. The molecule has 1 N–H and O–H groups in total. The molecule has 0 saturated heterocycles. The molecule has 0 aliphatic heterocycles. The van der Waals surface area contributed by atoms with Gasteiger partial charge in [0.25, 0.3) is 0 Å². The number of hydrogen-bond donors (Lipinski definition) is 1. The van der Waals surface area contributed by atoms with Crippen molar-refractivity contribution in [1.29, 1.82) is 0 Å². The Morgan fingerprint density at radius 1 is 1.23 bits per heavy atom. The lowest BCUT2D eigenvalue weighted by atomic mass is 10.2. The molecular formula is C17H24N4O3S2. The molecule has 2 rings (SSSR count). The molecule has 1 aromatic carbocycles. The number of hydrogen-bond acceptors (Lipinski definition) is 8. The number of aromatic nitrogens is 2. The lowest BCUT2D eigenvalue weighted by Crippen LogP contribution is -2.31. The first-order chi connectivity index (χ1) is 12.6. The number of amides is 1. The van der Waals surface area contributed by atoms with Gasteiger partial charge in [-0.05, 0) is 31.5 Å². The third-order valence-corrected chi connectivity index (χ3v) is 5.61. The van der Waals surface area contributed by atoms with Gasteiger partial charge in [0.1, 0.15) is 0 Å². The van der Waals surface area contributed by atoms with Gasteiger partial charge in [-0.2, -0.15) is 0 Å². The number of nitrogens with one attached hydrogen (secondary N) is 1. The third-order valence-electron chi connectivity index (χ3n) is 3.61. The number of rotatable bonds is 10. The highest BCUT2D eigenvalue weighted by Gasteiger charge is 2.15. The van der Waals surface area contributed by atoms with Crippen molar-refractivity contribution in [3.63, 3.8) is 0 Å². The number of nitrogens with zero attached hydrogens (tertiary/aromatic N) is 3. The van der Waals surface area contributed by atoms with Gasteiger partial charge in [0, 0.05) is 19.6 Å². The minimum Gasteiger partial charge on any atom is -0.493 e. The highest BCUT2D eigenvalue weighted by atomic mass is 32.2. The molecule has 0 spiro atoms.